The van der Waals surface area contributed by atoms with Gasteiger partial charge in [0.2, 0.25) is 5.91 Å². The van der Waals surface area contributed by atoms with Gasteiger partial charge in [0.1, 0.15) is 5.52 Å². The largest absolute Gasteiger partial charge is 0.453 e. The number of methoxy groups -OCH3 is 1. The van der Waals surface area contributed by atoms with Crippen molar-refractivity contribution >= 4 is 40.2 Å². The van der Waals surface area contributed by atoms with Crippen molar-refractivity contribution < 1.29 is 18.7 Å². The average molecular weight is 667 g/mol. The Balaban J connectivity index is 1.19. The minimum Gasteiger partial charge on any atom is -0.453 e. The molecule has 0 atom stereocenters. The van der Waals surface area contributed by atoms with Crippen molar-refractivity contribution in [3.63, 3.8) is 0 Å². The van der Waals surface area contributed by atoms with Crippen LogP contribution in [0.5, 0.6) is 0 Å². The molecule has 3 aromatic heterocycles. The van der Waals surface area contributed by atoms with Crippen molar-refractivity contribution in [2.24, 2.45) is 0 Å². The molecule has 1 spiro atoms. The molecule has 2 saturated heterocycles. The highest BCUT2D eigenvalue weighted by Crippen LogP contribution is 2.52. The molecule has 0 unspecified atom stereocenters. The van der Waals surface area contributed by atoms with Gasteiger partial charge < -0.3 is 29.3 Å². The first kappa shape index (κ1) is 31.7. The number of imidazole rings is 1. The number of aromatic nitrogens is 4. The average Bonchev–Trinajstić information content (AvgIpc) is 3.63. The Morgan fingerprint density at radius 2 is 1.82 bits per heavy atom. The first-order valence-electron chi connectivity index (χ1n) is 17.6. The van der Waals surface area contributed by atoms with E-state index in [-0.39, 0.29) is 29.8 Å². The van der Waals surface area contributed by atoms with E-state index in [0.29, 0.717) is 43.5 Å². The first-order chi connectivity index (χ1) is 23.8. The summed E-state index contributed by atoms with van der Waals surface area (Å²) < 4.78 is 21.8. The number of pyridine rings is 2. The highest BCUT2D eigenvalue weighted by molar-refractivity contribution is 6.09. The summed E-state index contributed by atoms with van der Waals surface area (Å²) >= 11 is 0. The summed E-state index contributed by atoms with van der Waals surface area (Å²) in [6.45, 7) is 7.34. The fourth-order valence-corrected chi connectivity index (χ4v) is 8.44. The van der Waals surface area contributed by atoms with Crippen molar-refractivity contribution in [1.29, 1.82) is 0 Å². The minimum atomic E-state index is -0.687. The molecule has 8 rings (SSSR count). The SMILES string of the molecule is COC(=O)N1CCC2(CC1)C(=O)N(C1CC(N3CCCCC3)C1)c1cc(-c3cc4ncn(C(C)C)c4c(Nc4ccncc4F)n3)ccc12. The Morgan fingerprint density at radius 3 is 2.53 bits per heavy atom. The Labute approximate surface area is 285 Å². The summed E-state index contributed by atoms with van der Waals surface area (Å²) in [7, 11) is 1.40. The maximum Gasteiger partial charge on any atom is 0.409 e. The number of anilines is 3. The number of likely N-dealkylation sites (tertiary alicyclic amines) is 2. The van der Waals surface area contributed by atoms with E-state index in [1.165, 1.54) is 32.6 Å². The van der Waals surface area contributed by atoms with Crippen molar-refractivity contribution in [3.05, 3.63) is 60.4 Å². The van der Waals surface area contributed by atoms with E-state index in [4.69, 9.17) is 14.7 Å². The highest BCUT2D eigenvalue weighted by atomic mass is 19.1. The van der Waals surface area contributed by atoms with Crippen LogP contribution in [-0.4, -0.2) is 86.7 Å². The number of fused-ring (bicyclic) bond motifs is 3. The fourth-order valence-electron chi connectivity index (χ4n) is 8.44. The van der Waals surface area contributed by atoms with Gasteiger partial charge in [-0.25, -0.2) is 19.2 Å². The van der Waals surface area contributed by atoms with Crippen LogP contribution in [0.15, 0.2) is 49.1 Å². The molecule has 1 aliphatic carbocycles. The summed E-state index contributed by atoms with van der Waals surface area (Å²) in [5.41, 5.74) is 4.59. The number of ether oxygens (including phenoxy) is 1. The van der Waals surface area contributed by atoms with Crippen LogP contribution in [0.3, 0.4) is 0 Å². The topological polar surface area (TPSA) is 109 Å². The lowest BCUT2D eigenvalue weighted by atomic mass is 9.73. The zero-order valence-electron chi connectivity index (χ0n) is 28.4. The van der Waals surface area contributed by atoms with Gasteiger partial charge in [-0.1, -0.05) is 18.6 Å². The molecular formula is C37H43FN8O3. The zero-order chi connectivity index (χ0) is 33.9. The molecule has 1 saturated carbocycles. The number of nitrogens with zero attached hydrogens (tertiary/aromatic N) is 7. The molecule has 0 radical (unpaired) electrons. The van der Waals surface area contributed by atoms with E-state index in [1.807, 2.05) is 16.7 Å². The van der Waals surface area contributed by atoms with Gasteiger partial charge in [0, 0.05) is 48.7 Å². The van der Waals surface area contributed by atoms with Gasteiger partial charge in [0.25, 0.3) is 0 Å². The quantitative estimate of drug-likeness (QED) is 0.251. The van der Waals surface area contributed by atoms with Crippen molar-refractivity contribution in [3.8, 4) is 11.3 Å². The number of amides is 2. The van der Waals surface area contributed by atoms with E-state index in [2.05, 4.69) is 46.1 Å². The molecule has 49 heavy (non-hydrogen) atoms. The van der Waals surface area contributed by atoms with Crippen molar-refractivity contribution in [1.82, 2.24) is 29.3 Å². The molecule has 6 heterocycles. The van der Waals surface area contributed by atoms with Crippen molar-refractivity contribution in [2.75, 3.05) is 43.5 Å². The summed E-state index contributed by atoms with van der Waals surface area (Å²) in [5, 5.41) is 3.21. The molecule has 11 nitrogen and oxygen atoms in total. The highest BCUT2D eigenvalue weighted by Gasteiger charge is 2.56. The van der Waals surface area contributed by atoms with Crippen LogP contribution in [0.25, 0.3) is 22.3 Å². The van der Waals surface area contributed by atoms with Crippen LogP contribution in [0.2, 0.25) is 0 Å². The van der Waals surface area contributed by atoms with Crippen LogP contribution in [-0.2, 0) is 14.9 Å². The molecule has 4 aliphatic rings. The van der Waals surface area contributed by atoms with E-state index >= 15 is 0 Å². The number of benzene rings is 1. The number of halogens is 1. The van der Waals surface area contributed by atoms with Gasteiger partial charge in [-0.15, -0.1) is 0 Å². The molecule has 2 amide bonds. The maximum absolute atomic E-state index is 14.8. The van der Waals surface area contributed by atoms with Crippen molar-refractivity contribution in [2.45, 2.75) is 82.3 Å². The Hall–Kier alpha value is -4.58. The summed E-state index contributed by atoms with van der Waals surface area (Å²) in [6.07, 6.45) is 11.0. The van der Waals surface area contributed by atoms with Gasteiger partial charge in [0.15, 0.2) is 11.6 Å². The van der Waals surface area contributed by atoms with Gasteiger partial charge in [-0.2, -0.15) is 0 Å². The molecule has 3 aliphatic heterocycles. The van der Waals surface area contributed by atoms with E-state index < -0.39 is 11.2 Å². The number of carbonyl (C=O) groups excluding carboxylic acids is 2. The second-order valence-electron chi connectivity index (χ2n) is 14.3. The van der Waals surface area contributed by atoms with Crippen LogP contribution >= 0.6 is 0 Å². The monoisotopic (exact) mass is 666 g/mol. The predicted molar refractivity (Wildman–Crippen MR) is 185 cm³/mol. The number of hydrogen-bond acceptors (Lipinski definition) is 8. The zero-order valence-corrected chi connectivity index (χ0v) is 28.4. The van der Waals surface area contributed by atoms with Gasteiger partial charge >= 0.3 is 6.09 Å². The predicted octanol–water partition coefficient (Wildman–Crippen LogP) is 6.42. The van der Waals surface area contributed by atoms with E-state index in [1.54, 1.807) is 23.5 Å². The smallest absolute Gasteiger partial charge is 0.409 e. The lowest BCUT2D eigenvalue weighted by Crippen LogP contribution is -2.58. The standard InChI is InChI=1S/C37H43FN8O3/c1-23(2)45-22-40-31-20-30(42-34(33(31)45)41-29-9-12-39-21-28(29)38)24-7-8-27-32(17-24)46(26-18-25(19-26)43-13-5-4-6-14-43)35(47)37(27)10-15-44(16-11-37)36(48)49-3/h7-9,12,17,20-23,25-26H,4-6,10-11,13-16,18-19H2,1-3H3,(H,39,41,42). The Kier molecular flexibility index (Phi) is 8.01. The minimum absolute atomic E-state index is 0.109. The van der Waals surface area contributed by atoms with E-state index in [9.17, 15) is 14.0 Å². The lowest BCUT2D eigenvalue weighted by molar-refractivity contribution is -0.126. The van der Waals surface area contributed by atoms with Crippen LogP contribution in [0.1, 0.15) is 70.4 Å². The molecule has 1 N–H and O–H groups in total. The normalized spacial score (nSPS) is 22.1. The third-order valence-corrected chi connectivity index (χ3v) is 11.2. The number of nitrogens with one attached hydrogen (secondary N) is 1. The van der Waals surface area contributed by atoms with Gasteiger partial charge in [-0.3, -0.25) is 9.78 Å². The number of carbonyl (C=O) groups is 2. The van der Waals surface area contributed by atoms with E-state index in [0.717, 1.165) is 53.8 Å². The van der Waals surface area contributed by atoms with Gasteiger partial charge in [0.05, 0.1) is 41.9 Å². The summed E-state index contributed by atoms with van der Waals surface area (Å²) in [5.74, 6) is 0.158. The summed E-state index contributed by atoms with van der Waals surface area (Å²) in [6, 6.07) is 10.5. The first-order valence-corrected chi connectivity index (χ1v) is 17.6. The third-order valence-electron chi connectivity index (χ3n) is 11.2. The molecule has 256 valence electrons. The molecule has 12 heteroatoms. The molecular weight excluding hydrogens is 623 g/mol. The summed E-state index contributed by atoms with van der Waals surface area (Å²) in [4.78, 5) is 47.1. The number of piperidine rings is 2. The Morgan fingerprint density at radius 1 is 1.04 bits per heavy atom. The lowest BCUT2D eigenvalue weighted by Gasteiger charge is -2.48. The second kappa shape index (κ2) is 12.4. The van der Waals surface area contributed by atoms with Crippen LogP contribution in [0.4, 0.5) is 26.4 Å². The van der Waals surface area contributed by atoms with Crippen LogP contribution in [0, 0.1) is 5.82 Å². The second-order valence-corrected chi connectivity index (χ2v) is 14.3. The Bertz CT molecular complexity index is 1910. The van der Waals surface area contributed by atoms with Gasteiger partial charge in [-0.05, 0) is 89.2 Å². The molecule has 1 aromatic carbocycles. The third kappa shape index (κ3) is 5.31. The number of hydrogen-bond donors (Lipinski definition) is 1. The molecule has 3 fully saturated rings. The maximum atomic E-state index is 14.8. The van der Waals surface area contributed by atoms with Crippen LogP contribution < -0.4 is 10.2 Å². The fraction of sp³-hybridized carbons (Fsp3) is 0.486. The number of rotatable bonds is 6. The molecule has 4 aromatic rings. The molecule has 0 bridgehead atoms.